The fraction of sp³-hybridized carbons (Fsp3) is 0.800. The van der Waals surface area contributed by atoms with Crippen LogP contribution in [0.2, 0.25) is 0 Å². The molecule has 2 aliphatic carbocycles. The van der Waals surface area contributed by atoms with Gasteiger partial charge in [0.25, 0.3) is 0 Å². The molecule has 0 aliphatic heterocycles. The second kappa shape index (κ2) is 2.11. The number of hydrogen-bond donors (Lipinski definition) is 0. The van der Waals surface area contributed by atoms with Crippen LogP contribution >= 0.6 is 0 Å². The molecule has 0 saturated heterocycles. The lowest BCUT2D eigenvalue weighted by molar-refractivity contribution is 0.571. The molecule has 2 rings (SSSR count). The van der Waals surface area contributed by atoms with Gasteiger partial charge in [-0.2, -0.15) is 0 Å². The molecule has 0 aromatic heterocycles. The highest BCUT2D eigenvalue weighted by Crippen LogP contribution is 2.45. The van der Waals surface area contributed by atoms with E-state index >= 15 is 0 Å². The van der Waals surface area contributed by atoms with Gasteiger partial charge in [0.2, 0.25) is 0 Å². The normalized spacial score (nSPS) is 37.3. The van der Waals surface area contributed by atoms with Gasteiger partial charge in [0.05, 0.1) is 0 Å². The standard InChI is InChI=1S/C10H16/c1-7(2)10-6-8-3-4-9(10)5-8/h6-9H,3-5H2,1-2H3. The van der Waals surface area contributed by atoms with Crippen molar-refractivity contribution in [1.82, 2.24) is 0 Å². The minimum atomic E-state index is 0.815. The molecular weight excluding hydrogens is 120 g/mol. The van der Waals surface area contributed by atoms with Gasteiger partial charge in [0.1, 0.15) is 0 Å². The summed E-state index contributed by atoms with van der Waals surface area (Å²) in [4.78, 5) is 0. The van der Waals surface area contributed by atoms with E-state index in [1.54, 1.807) is 5.57 Å². The second-order valence-electron chi connectivity index (χ2n) is 4.09. The first-order valence-electron chi connectivity index (χ1n) is 4.49. The third-order valence-electron chi connectivity index (χ3n) is 3.04. The largest absolute Gasteiger partial charge is 0.0817 e. The van der Waals surface area contributed by atoms with Crippen molar-refractivity contribution in [3.63, 3.8) is 0 Å². The zero-order valence-electron chi connectivity index (χ0n) is 6.93. The monoisotopic (exact) mass is 136 g/mol. The van der Waals surface area contributed by atoms with E-state index in [0.717, 1.165) is 17.8 Å². The Morgan fingerprint density at radius 1 is 1.40 bits per heavy atom. The summed E-state index contributed by atoms with van der Waals surface area (Å²) in [6, 6.07) is 0. The van der Waals surface area contributed by atoms with Crippen molar-refractivity contribution >= 4 is 0 Å². The Hall–Kier alpha value is -0.260. The Kier molecular flexibility index (Phi) is 1.36. The third-order valence-corrected chi connectivity index (χ3v) is 3.04. The number of hydrogen-bond acceptors (Lipinski definition) is 0. The molecule has 10 heavy (non-hydrogen) atoms. The molecule has 2 atom stereocenters. The van der Waals surface area contributed by atoms with E-state index in [0.29, 0.717) is 0 Å². The van der Waals surface area contributed by atoms with E-state index in [2.05, 4.69) is 19.9 Å². The fourth-order valence-electron chi connectivity index (χ4n) is 2.54. The van der Waals surface area contributed by atoms with E-state index < -0.39 is 0 Å². The molecule has 0 N–H and O–H groups in total. The molecule has 56 valence electrons. The van der Waals surface area contributed by atoms with Crippen molar-refractivity contribution in [2.45, 2.75) is 33.1 Å². The van der Waals surface area contributed by atoms with Crippen molar-refractivity contribution in [3.05, 3.63) is 11.6 Å². The van der Waals surface area contributed by atoms with E-state index in [4.69, 9.17) is 0 Å². The van der Waals surface area contributed by atoms with Crippen molar-refractivity contribution in [2.24, 2.45) is 17.8 Å². The molecule has 0 aromatic carbocycles. The summed E-state index contributed by atoms with van der Waals surface area (Å²) in [5.74, 6) is 2.78. The molecule has 0 radical (unpaired) electrons. The van der Waals surface area contributed by atoms with E-state index in [1.165, 1.54) is 19.3 Å². The molecular formula is C10H16. The number of rotatable bonds is 1. The number of allylic oxidation sites excluding steroid dienone is 2. The first-order chi connectivity index (χ1) is 4.77. The Morgan fingerprint density at radius 2 is 2.20 bits per heavy atom. The minimum Gasteiger partial charge on any atom is -0.0817 e. The van der Waals surface area contributed by atoms with Gasteiger partial charge in [-0.25, -0.2) is 0 Å². The maximum absolute atomic E-state index is 2.54. The molecule has 0 amide bonds. The lowest BCUT2D eigenvalue weighted by atomic mass is 9.90. The van der Waals surface area contributed by atoms with Crippen molar-refractivity contribution in [2.75, 3.05) is 0 Å². The predicted octanol–water partition coefficient (Wildman–Crippen LogP) is 3.00. The molecule has 2 bridgehead atoms. The Bertz CT molecular complexity index is 165. The van der Waals surface area contributed by atoms with Crippen LogP contribution in [-0.4, -0.2) is 0 Å². The molecule has 0 spiro atoms. The highest BCUT2D eigenvalue weighted by molar-refractivity contribution is 5.20. The summed E-state index contributed by atoms with van der Waals surface area (Å²) in [5, 5.41) is 0. The first kappa shape index (κ1) is 6.45. The molecule has 2 unspecified atom stereocenters. The first-order valence-corrected chi connectivity index (χ1v) is 4.49. The maximum atomic E-state index is 2.54. The van der Waals surface area contributed by atoms with Crippen LogP contribution < -0.4 is 0 Å². The van der Waals surface area contributed by atoms with Crippen LogP contribution in [0.4, 0.5) is 0 Å². The van der Waals surface area contributed by atoms with Crippen LogP contribution in [-0.2, 0) is 0 Å². The molecule has 0 nitrogen and oxygen atoms in total. The Labute approximate surface area is 63.3 Å². The van der Waals surface area contributed by atoms with E-state index in [9.17, 15) is 0 Å². The SMILES string of the molecule is CC(C)C1=CC2CCC1C2. The van der Waals surface area contributed by atoms with Crippen molar-refractivity contribution < 1.29 is 0 Å². The molecule has 0 heteroatoms. The van der Waals surface area contributed by atoms with Crippen LogP contribution in [0.25, 0.3) is 0 Å². The highest BCUT2D eigenvalue weighted by atomic mass is 14.4. The van der Waals surface area contributed by atoms with Gasteiger partial charge in [-0.1, -0.05) is 25.5 Å². The third kappa shape index (κ3) is 0.817. The molecule has 1 fully saturated rings. The van der Waals surface area contributed by atoms with Gasteiger partial charge in [-0.15, -0.1) is 0 Å². The van der Waals surface area contributed by atoms with Gasteiger partial charge < -0.3 is 0 Å². The second-order valence-corrected chi connectivity index (χ2v) is 4.09. The van der Waals surface area contributed by atoms with E-state index in [-0.39, 0.29) is 0 Å². The van der Waals surface area contributed by atoms with Crippen LogP contribution in [0.15, 0.2) is 11.6 Å². The Balaban J connectivity index is 2.17. The summed E-state index contributed by atoms with van der Waals surface area (Å²) in [5.41, 5.74) is 1.76. The summed E-state index contributed by atoms with van der Waals surface area (Å²) in [6.07, 6.45) is 6.97. The number of fused-ring (bicyclic) bond motifs is 2. The topological polar surface area (TPSA) is 0 Å². The average Bonchev–Trinajstić information content (AvgIpc) is 2.44. The van der Waals surface area contributed by atoms with Crippen LogP contribution in [0.5, 0.6) is 0 Å². The van der Waals surface area contributed by atoms with Gasteiger partial charge in [0, 0.05) is 0 Å². The van der Waals surface area contributed by atoms with Crippen LogP contribution in [0.3, 0.4) is 0 Å². The molecule has 2 aliphatic rings. The zero-order chi connectivity index (χ0) is 7.14. The van der Waals surface area contributed by atoms with Crippen molar-refractivity contribution in [3.8, 4) is 0 Å². The maximum Gasteiger partial charge on any atom is -0.0195 e. The predicted molar refractivity (Wildman–Crippen MR) is 43.8 cm³/mol. The summed E-state index contributed by atoms with van der Waals surface area (Å²) < 4.78 is 0. The Morgan fingerprint density at radius 3 is 2.50 bits per heavy atom. The summed E-state index contributed by atoms with van der Waals surface area (Å²) in [7, 11) is 0. The summed E-state index contributed by atoms with van der Waals surface area (Å²) in [6.45, 7) is 4.65. The summed E-state index contributed by atoms with van der Waals surface area (Å²) >= 11 is 0. The van der Waals surface area contributed by atoms with Gasteiger partial charge >= 0.3 is 0 Å². The lowest BCUT2D eigenvalue weighted by Crippen LogP contribution is -2.03. The lowest BCUT2D eigenvalue weighted by Gasteiger charge is -2.16. The fourth-order valence-corrected chi connectivity index (χ4v) is 2.54. The van der Waals surface area contributed by atoms with Crippen LogP contribution in [0.1, 0.15) is 33.1 Å². The average molecular weight is 136 g/mol. The highest BCUT2D eigenvalue weighted by Gasteiger charge is 2.33. The quantitative estimate of drug-likeness (QED) is 0.486. The van der Waals surface area contributed by atoms with Crippen LogP contribution in [0, 0.1) is 17.8 Å². The van der Waals surface area contributed by atoms with Gasteiger partial charge in [-0.05, 0) is 37.0 Å². The smallest absolute Gasteiger partial charge is 0.0195 e. The molecule has 1 saturated carbocycles. The van der Waals surface area contributed by atoms with E-state index in [1.807, 2.05) is 0 Å². The minimum absolute atomic E-state index is 0.815. The molecule has 0 heterocycles. The zero-order valence-corrected chi connectivity index (χ0v) is 6.93. The van der Waals surface area contributed by atoms with Gasteiger partial charge in [-0.3, -0.25) is 0 Å². The van der Waals surface area contributed by atoms with Gasteiger partial charge in [0.15, 0.2) is 0 Å². The van der Waals surface area contributed by atoms with Crippen molar-refractivity contribution in [1.29, 1.82) is 0 Å². The molecule has 0 aromatic rings.